The number of hydrogen-bond acceptors (Lipinski definition) is 5. The summed E-state index contributed by atoms with van der Waals surface area (Å²) in [4.78, 5) is 11.0. The van der Waals surface area contributed by atoms with Crippen LogP contribution in [-0.4, -0.2) is 42.2 Å². The van der Waals surface area contributed by atoms with Crippen molar-refractivity contribution in [3.8, 4) is 23.0 Å². The fraction of sp³-hybridized carbons (Fsp3) is 0.444. The lowest BCUT2D eigenvalue weighted by Crippen LogP contribution is -2.23. The molecule has 1 saturated heterocycles. The van der Waals surface area contributed by atoms with E-state index in [1.165, 1.54) is 31.5 Å². The minimum absolute atomic E-state index is 0.312. The molecular formula is C18H23N3O2. The van der Waals surface area contributed by atoms with Crippen LogP contribution in [0.1, 0.15) is 31.4 Å². The molecule has 0 radical (unpaired) electrons. The van der Waals surface area contributed by atoms with Crippen molar-refractivity contribution in [2.45, 2.75) is 25.8 Å². The molecule has 1 aliphatic heterocycles. The first-order valence-corrected chi connectivity index (χ1v) is 8.02. The molecule has 1 unspecified atom stereocenters. The van der Waals surface area contributed by atoms with Gasteiger partial charge >= 0.3 is 6.01 Å². The van der Waals surface area contributed by atoms with Crippen molar-refractivity contribution >= 4 is 0 Å². The van der Waals surface area contributed by atoms with Gasteiger partial charge in [-0.25, -0.2) is 4.98 Å². The summed E-state index contributed by atoms with van der Waals surface area (Å²) < 4.78 is 10.5. The first-order valence-electron chi connectivity index (χ1n) is 8.02. The minimum atomic E-state index is 0.312. The van der Waals surface area contributed by atoms with E-state index in [9.17, 15) is 0 Å². The third-order valence-corrected chi connectivity index (χ3v) is 4.48. The zero-order valence-electron chi connectivity index (χ0n) is 14.0. The van der Waals surface area contributed by atoms with Crippen molar-refractivity contribution in [2.24, 2.45) is 0 Å². The van der Waals surface area contributed by atoms with Crippen molar-refractivity contribution in [2.75, 3.05) is 27.3 Å². The zero-order valence-corrected chi connectivity index (χ0v) is 14.0. The summed E-state index contributed by atoms with van der Waals surface area (Å²) in [5, 5.41) is 0. The summed E-state index contributed by atoms with van der Waals surface area (Å²) in [6, 6.07) is 9.27. The lowest BCUT2D eigenvalue weighted by atomic mass is 10.0. The van der Waals surface area contributed by atoms with E-state index in [0.29, 0.717) is 17.9 Å². The molecular weight excluding hydrogens is 290 g/mol. The Bertz CT molecular complexity index is 669. The molecule has 2 aromatic rings. The second-order valence-electron chi connectivity index (χ2n) is 5.82. The Labute approximate surface area is 137 Å². The Morgan fingerprint density at radius 3 is 2.61 bits per heavy atom. The van der Waals surface area contributed by atoms with Gasteiger partial charge in [-0.05, 0) is 50.0 Å². The first kappa shape index (κ1) is 15.7. The van der Waals surface area contributed by atoms with Crippen LogP contribution in [0.3, 0.4) is 0 Å². The Balaban J connectivity index is 1.93. The SMILES string of the molecule is COc1ncc(-c2cccc(C(C)N3CCCC3)c2)c(OC)n1. The zero-order chi connectivity index (χ0) is 16.2. The summed E-state index contributed by atoms with van der Waals surface area (Å²) in [5.74, 6) is 0.530. The van der Waals surface area contributed by atoms with Gasteiger partial charge < -0.3 is 9.47 Å². The van der Waals surface area contributed by atoms with Crippen LogP contribution >= 0.6 is 0 Å². The van der Waals surface area contributed by atoms with Gasteiger partial charge in [0, 0.05) is 12.2 Å². The third-order valence-electron chi connectivity index (χ3n) is 4.48. The highest BCUT2D eigenvalue weighted by Gasteiger charge is 2.20. The second kappa shape index (κ2) is 6.96. The smallest absolute Gasteiger partial charge is 0.319 e. The molecule has 3 rings (SSSR count). The Hall–Kier alpha value is -2.14. The molecule has 0 saturated carbocycles. The van der Waals surface area contributed by atoms with Crippen LogP contribution in [-0.2, 0) is 0 Å². The minimum Gasteiger partial charge on any atom is -0.480 e. The molecule has 2 heterocycles. The predicted molar refractivity (Wildman–Crippen MR) is 89.8 cm³/mol. The van der Waals surface area contributed by atoms with Gasteiger partial charge in [0.05, 0.1) is 19.8 Å². The highest BCUT2D eigenvalue weighted by atomic mass is 16.5. The maximum absolute atomic E-state index is 5.40. The van der Waals surface area contributed by atoms with Crippen LogP contribution in [0.5, 0.6) is 11.9 Å². The largest absolute Gasteiger partial charge is 0.480 e. The molecule has 1 aromatic heterocycles. The lowest BCUT2D eigenvalue weighted by molar-refractivity contribution is 0.263. The van der Waals surface area contributed by atoms with E-state index in [0.717, 1.165) is 11.1 Å². The van der Waals surface area contributed by atoms with Crippen LogP contribution in [0, 0.1) is 0 Å². The maximum Gasteiger partial charge on any atom is 0.319 e. The first-order chi connectivity index (χ1) is 11.2. The van der Waals surface area contributed by atoms with E-state index >= 15 is 0 Å². The molecule has 1 aliphatic rings. The molecule has 1 aromatic carbocycles. The van der Waals surface area contributed by atoms with Gasteiger partial charge in [0.25, 0.3) is 0 Å². The maximum atomic E-state index is 5.40. The van der Waals surface area contributed by atoms with Gasteiger partial charge in [-0.2, -0.15) is 4.98 Å². The average Bonchev–Trinajstić information content (AvgIpc) is 3.15. The summed E-state index contributed by atoms with van der Waals surface area (Å²) in [7, 11) is 3.16. The number of rotatable bonds is 5. The quantitative estimate of drug-likeness (QED) is 0.847. The normalized spacial score (nSPS) is 16.3. The lowest BCUT2D eigenvalue weighted by Gasteiger charge is -2.24. The summed E-state index contributed by atoms with van der Waals surface area (Å²) in [5.41, 5.74) is 3.25. The highest BCUT2D eigenvalue weighted by molar-refractivity contribution is 5.68. The molecule has 23 heavy (non-hydrogen) atoms. The van der Waals surface area contributed by atoms with Crippen molar-refractivity contribution in [1.29, 1.82) is 0 Å². The standard InChI is InChI=1S/C18H23N3O2/c1-13(21-9-4-5-10-21)14-7-6-8-15(11-14)16-12-19-18(23-3)20-17(16)22-2/h6-8,11-13H,4-5,9-10H2,1-3H3. The predicted octanol–water partition coefficient (Wildman–Crippen LogP) is 3.32. The van der Waals surface area contributed by atoms with Crippen LogP contribution in [0.2, 0.25) is 0 Å². The second-order valence-corrected chi connectivity index (χ2v) is 5.82. The van der Waals surface area contributed by atoms with Crippen LogP contribution in [0.15, 0.2) is 30.5 Å². The molecule has 5 nitrogen and oxygen atoms in total. The summed E-state index contributed by atoms with van der Waals surface area (Å²) in [6.07, 6.45) is 4.35. The number of benzene rings is 1. The van der Waals surface area contributed by atoms with Gasteiger partial charge in [-0.15, -0.1) is 0 Å². The summed E-state index contributed by atoms with van der Waals surface area (Å²) >= 11 is 0. The number of methoxy groups -OCH3 is 2. The summed E-state index contributed by atoms with van der Waals surface area (Å²) in [6.45, 7) is 4.63. The number of ether oxygens (including phenoxy) is 2. The van der Waals surface area contributed by atoms with Crippen LogP contribution in [0.4, 0.5) is 0 Å². The van der Waals surface area contributed by atoms with Crippen molar-refractivity contribution in [3.05, 3.63) is 36.0 Å². The molecule has 0 N–H and O–H groups in total. The molecule has 0 bridgehead atoms. The van der Waals surface area contributed by atoms with E-state index in [1.54, 1.807) is 20.4 Å². The molecule has 1 atom stereocenters. The Morgan fingerprint density at radius 1 is 1.13 bits per heavy atom. The molecule has 122 valence electrons. The number of nitrogens with zero attached hydrogens (tertiary/aromatic N) is 3. The topological polar surface area (TPSA) is 47.5 Å². The molecule has 1 fully saturated rings. The molecule has 0 spiro atoms. The third kappa shape index (κ3) is 3.29. The number of aromatic nitrogens is 2. The molecule has 0 aliphatic carbocycles. The Kier molecular flexibility index (Phi) is 4.76. The van der Waals surface area contributed by atoms with E-state index < -0.39 is 0 Å². The Morgan fingerprint density at radius 2 is 1.91 bits per heavy atom. The van der Waals surface area contributed by atoms with E-state index in [-0.39, 0.29) is 0 Å². The van der Waals surface area contributed by atoms with E-state index in [4.69, 9.17) is 9.47 Å². The average molecular weight is 313 g/mol. The van der Waals surface area contributed by atoms with E-state index in [1.807, 2.05) is 0 Å². The van der Waals surface area contributed by atoms with Crippen molar-refractivity contribution < 1.29 is 9.47 Å². The van der Waals surface area contributed by atoms with Crippen molar-refractivity contribution in [3.63, 3.8) is 0 Å². The number of hydrogen-bond donors (Lipinski definition) is 0. The van der Waals surface area contributed by atoms with Gasteiger partial charge in [0.15, 0.2) is 0 Å². The van der Waals surface area contributed by atoms with Gasteiger partial charge in [-0.1, -0.05) is 18.2 Å². The monoisotopic (exact) mass is 313 g/mol. The van der Waals surface area contributed by atoms with Crippen molar-refractivity contribution in [1.82, 2.24) is 14.9 Å². The number of likely N-dealkylation sites (tertiary alicyclic amines) is 1. The van der Waals surface area contributed by atoms with Gasteiger partial charge in [0.2, 0.25) is 5.88 Å². The van der Waals surface area contributed by atoms with E-state index in [2.05, 4.69) is 46.1 Å². The fourth-order valence-corrected chi connectivity index (χ4v) is 3.11. The fourth-order valence-electron chi connectivity index (χ4n) is 3.11. The van der Waals surface area contributed by atoms with Gasteiger partial charge in [-0.3, -0.25) is 4.90 Å². The highest BCUT2D eigenvalue weighted by Crippen LogP contribution is 2.32. The van der Waals surface area contributed by atoms with Crippen LogP contribution in [0.25, 0.3) is 11.1 Å². The molecule has 0 amide bonds. The molecule has 5 heteroatoms. The van der Waals surface area contributed by atoms with Crippen LogP contribution < -0.4 is 9.47 Å². The van der Waals surface area contributed by atoms with Gasteiger partial charge in [0.1, 0.15) is 0 Å².